The normalized spacial score (nSPS) is 10.7. The van der Waals surface area contributed by atoms with Crippen molar-refractivity contribution in [3.05, 3.63) is 63.7 Å². The van der Waals surface area contributed by atoms with Gasteiger partial charge in [-0.25, -0.2) is 0 Å². The Hall–Kier alpha value is -3.35. The summed E-state index contributed by atoms with van der Waals surface area (Å²) in [5, 5.41) is 31.5. The molecule has 0 aliphatic carbocycles. The molecule has 0 spiro atoms. The first kappa shape index (κ1) is 16.0. The van der Waals surface area contributed by atoms with E-state index in [1.165, 1.54) is 43.5 Å². The van der Waals surface area contributed by atoms with Gasteiger partial charge in [0, 0.05) is 11.6 Å². The van der Waals surface area contributed by atoms with Crippen LogP contribution in [0.3, 0.4) is 0 Å². The molecule has 0 saturated carbocycles. The molecule has 0 aromatic heterocycles. The molecule has 2 aromatic rings. The molecule has 2 rings (SSSR count). The van der Waals surface area contributed by atoms with E-state index in [1.807, 2.05) is 0 Å². The third-order valence-corrected chi connectivity index (χ3v) is 3.07. The van der Waals surface area contributed by atoms with E-state index in [0.717, 1.165) is 12.1 Å². The number of carbonyl (C=O) groups is 1. The molecule has 7 heteroatoms. The largest absolute Gasteiger partial charge is 0.868 e. The van der Waals surface area contributed by atoms with Crippen LogP contribution in [0.15, 0.2) is 42.5 Å². The number of nitro groups is 1. The van der Waals surface area contributed by atoms with E-state index in [0.29, 0.717) is 5.56 Å². The van der Waals surface area contributed by atoms with Crippen molar-refractivity contribution in [3.8, 4) is 17.2 Å². The van der Waals surface area contributed by atoms with Gasteiger partial charge < -0.3 is 14.9 Å². The van der Waals surface area contributed by atoms with Crippen molar-refractivity contribution >= 4 is 17.5 Å². The van der Waals surface area contributed by atoms with Crippen molar-refractivity contribution in [2.24, 2.45) is 0 Å². The fourth-order valence-electron chi connectivity index (χ4n) is 1.88. The Kier molecular flexibility index (Phi) is 4.61. The molecular formula is C16H12NO6-. The second-order valence-corrected chi connectivity index (χ2v) is 4.57. The van der Waals surface area contributed by atoms with E-state index in [2.05, 4.69) is 0 Å². The fraction of sp³-hybridized carbons (Fsp3) is 0.0625. The molecule has 7 nitrogen and oxygen atoms in total. The topological polar surface area (TPSA) is 113 Å². The summed E-state index contributed by atoms with van der Waals surface area (Å²) in [6.07, 6.45) is 2.59. The molecule has 0 aliphatic rings. The van der Waals surface area contributed by atoms with Crippen LogP contribution in [-0.2, 0) is 0 Å². The van der Waals surface area contributed by atoms with Crippen LogP contribution in [0.5, 0.6) is 17.2 Å². The highest BCUT2D eigenvalue weighted by Crippen LogP contribution is 2.27. The first-order valence-corrected chi connectivity index (χ1v) is 6.47. The number of benzene rings is 2. The molecule has 0 fully saturated rings. The van der Waals surface area contributed by atoms with Crippen LogP contribution in [0.4, 0.5) is 5.69 Å². The van der Waals surface area contributed by atoms with Gasteiger partial charge in [-0.1, -0.05) is 18.2 Å². The van der Waals surface area contributed by atoms with Gasteiger partial charge in [0.15, 0.2) is 17.3 Å². The third kappa shape index (κ3) is 3.65. The van der Waals surface area contributed by atoms with Gasteiger partial charge in [-0.05, 0) is 35.6 Å². The van der Waals surface area contributed by atoms with Gasteiger partial charge in [0.25, 0.3) is 5.69 Å². The maximum Gasteiger partial charge on any atom is 0.262 e. The van der Waals surface area contributed by atoms with Crippen molar-refractivity contribution in [1.82, 2.24) is 0 Å². The van der Waals surface area contributed by atoms with Crippen molar-refractivity contribution in [2.75, 3.05) is 7.11 Å². The summed E-state index contributed by atoms with van der Waals surface area (Å²) in [6.45, 7) is 0. The van der Waals surface area contributed by atoms with Gasteiger partial charge in [-0.2, -0.15) is 0 Å². The number of carbonyl (C=O) groups excluding carboxylic acids is 1. The van der Waals surface area contributed by atoms with Crippen LogP contribution < -0.4 is 9.84 Å². The lowest BCUT2D eigenvalue weighted by Gasteiger charge is -2.06. The number of ether oxygens (including phenoxy) is 1. The summed E-state index contributed by atoms with van der Waals surface area (Å²) < 4.78 is 4.92. The maximum absolute atomic E-state index is 12.1. The van der Waals surface area contributed by atoms with Crippen LogP contribution in [0.2, 0.25) is 0 Å². The lowest BCUT2D eigenvalue weighted by molar-refractivity contribution is -0.398. The van der Waals surface area contributed by atoms with Crippen LogP contribution in [-0.4, -0.2) is 22.9 Å². The standard InChI is InChI=1S/C16H13NO6/c1-23-16-9-11(4-7-15(16)20)13(18)5-2-10-3-6-14(19)12(8-10)17(21)22/h2-9,19-20H,1H3/p-1/b5-2+. The molecule has 0 bridgehead atoms. The van der Waals surface area contributed by atoms with Gasteiger partial charge in [-0.3, -0.25) is 14.9 Å². The second-order valence-electron chi connectivity index (χ2n) is 4.57. The van der Waals surface area contributed by atoms with E-state index < -0.39 is 16.4 Å². The summed E-state index contributed by atoms with van der Waals surface area (Å²) in [5.74, 6) is -0.996. The zero-order valence-corrected chi connectivity index (χ0v) is 12.1. The first-order chi connectivity index (χ1) is 10.9. The Morgan fingerprint density at radius 2 is 2.00 bits per heavy atom. The van der Waals surface area contributed by atoms with E-state index in [4.69, 9.17) is 4.74 Å². The van der Waals surface area contributed by atoms with E-state index in [9.17, 15) is 25.1 Å². The van der Waals surface area contributed by atoms with E-state index in [1.54, 1.807) is 0 Å². The van der Waals surface area contributed by atoms with Crippen LogP contribution in [0, 0.1) is 10.1 Å². The van der Waals surface area contributed by atoms with Gasteiger partial charge in [0.1, 0.15) is 0 Å². The van der Waals surface area contributed by atoms with Crippen molar-refractivity contribution in [3.63, 3.8) is 0 Å². The monoisotopic (exact) mass is 314 g/mol. The maximum atomic E-state index is 12.1. The number of allylic oxidation sites excluding steroid dienone is 1. The Balaban J connectivity index is 2.25. The van der Waals surface area contributed by atoms with Gasteiger partial charge in [0.05, 0.1) is 12.0 Å². The number of methoxy groups -OCH3 is 1. The minimum absolute atomic E-state index is 0.0883. The summed E-state index contributed by atoms with van der Waals surface area (Å²) in [6, 6.07) is 7.70. The van der Waals surface area contributed by atoms with Crippen molar-refractivity contribution < 1.29 is 24.7 Å². The molecule has 0 atom stereocenters. The number of aromatic hydroxyl groups is 1. The predicted molar refractivity (Wildman–Crippen MR) is 80.6 cm³/mol. The van der Waals surface area contributed by atoms with E-state index in [-0.39, 0.29) is 22.8 Å². The molecule has 0 saturated heterocycles. The van der Waals surface area contributed by atoms with Gasteiger partial charge in [0.2, 0.25) is 0 Å². The molecule has 0 heterocycles. The minimum atomic E-state index is -0.771. The Morgan fingerprint density at radius 3 is 2.65 bits per heavy atom. The number of hydrogen-bond donors (Lipinski definition) is 1. The van der Waals surface area contributed by atoms with Crippen LogP contribution in [0.25, 0.3) is 6.08 Å². The number of phenols is 1. The average molecular weight is 314 g/mol. The smallest absolute Gasteiger partial charge is 0.262 e. The summed E-state index contributed by atoms with van der Waals surface area (Å²) in [5.41, 5.74) is 0.0899. The molecule has 0 unspecified atom stereocenters. The highest BCUT2D eigenvalue weighted by Gasteiger charge is 2.09. The number of phenolic OH excluding ortho intramolecular Hbond substituents is 1. The number of rotatable bonds is 5. The summed E-state index contributed by atoms with van der Waals surface area (Å²) in [7, 11) is 1.36. The molecule has 2 aromatic carbocycles. The predicted octanol–water partition coefficient (Wildman–Crippen LogP) is 2.28. The third-order valence-electron chi connectivity index (χ3n) is 3.07. The molecule has 0 amide bonds. The van der Waals surface area contributed by atoms with Crippen LogP contribution in [0.1, 0.15) is 15.9 Å². The van der Waals surface area contributed by atoms with E-state index >= 15 is 0 Å². The number of hydrogen-bond acceptors (Lipinski definition) is 6. The molecule has 118 valence electrons. The molecule has 23 heavy (non-hydrogen) atoms. The molecule has 1 N–H and O–H groups in total. The van der Waals surface area contributed by atoms with Crippen LogP contribution >= 0.6 is 0 Å². The Morgan fingerprint density at radius 1 is 1.26 bits per heavy atom. The zero-order valence-electron chi connectivity index (χ0n) is 12.1. The SMILES string of the molecule is COc1cc(C(=O)/C=C/c2ccc([O-])c([N+](=O)[O-])c2)ccc1O. The lowest BCUT2D eigenvalue weighted by Crippen LogP contribution is -1.98. The highest BCUT2D eigenvalue weighted by molar-refractivity contribution is 6.07. The molecular weight excluding hydrogens is 302 g/mol. The zero-order chi connectivity index (χ0) is 17.0. The average Bonchev–Trinajstić information content (AvgIpc) is 2.54. The summed E-state index contributed by atoms with van der Waals surface area (Å²) >= 11 is 0. The number of nitrogens with zero attached hydrogens (tertiary/aromatic N) is 1. The minimum Gasteiger partial charge on any atom is -0.868 e. The second kappa shape index (κ2) is 6.61. The number of nitro benzene ring substituents is 1. The summed E-state index contributed by atoms with van der Waals surface area (Å²) in [4.78, 5) is 22.0. The molecule has 0 radical (unpaired) electrons. The Labute approximate surface area is 131 Å². The quantitative estimate of drug-likeness (QED) is 0.392. The van der Waals surface area contributed by atoms with Crippen molar-refractivity contribution in [2.45, 2.75) is 0 Å². The van der Waals surface area contributed by atoms with Gasteiger partial charge >= 0.3 is 0 Å². The molecule has 0 aliphatic heterocycles. The lowest BCUT2D eigenvalue weighted by atomic mass is 10.1. The first-order valence-electron chi connectivity index (χ1n) is 6.47. The van der Waals surface area contributed by atoms with Gasteiger partial charge in [-0.15, -0.1) is 0 Å². The number of ketones is 1. The highest BCUT2D eigenvalue weighted by atomic mass is 16.6. The fourth-order valence-corrected chi connectivity index (χ4v) is 1.88. The Bertz CT molecular complexity index is 797. The van der Waals surface area contributed by atoms with Crippen molar-refractivity contribution in [1.29, 1.82) is 0 Å².